The lowest BCUT2D eigenvalue weighted by Gasteiger charge is -2.32. The molecule has 0 unspecified atom stereocenters. The van der Waals surface area contributed by atoms with Gasteiger partial charge in [-0.3, -0.25) is 4.90 Å². The van der Waals surface area contributed by atoms with Gasteiger partial charge in [-0.2, -0.15) is 8.78 Å². The Bertz CT molecular complexity index is 1020. The van der Waals surface area contributed by atoms with Crippen LogP contribution in [-0.2, 0) is 9.84 Å². The molecule has 6 nitrogen and oxygen atoms in total. The zero-order valence-corrected chi connectivity index (χ0v) is 17.2. The van der Waals surface area contributed by atoms with Crippen LogP contribution in [0.1, 0.15) is 32.1 Å². The third kappa shape index (κ3) is 5.08. The lowest BCUT2D eigenvalue weighted by atomic mass is 9.93. The van der Waals surface area contributed by atoms with Gasteiger partial charge in [0.15, 0.2) is 9.84 Å². The average Bonchev–Trinajstić information content (AvgIpc) is 2.69. The fraction of sp³-hybridized carbons (Fsp3) is 0.381. The molecule has 0 atom stereocenters. The van der Waals surface area contributed by atoms with E-state index in [2.05, 4.69) is 4.74 Å². The van der Waals surface area contributed by atoms with E-state index in [9.17, 15) is 27.1 Å². The molecule has 1 N–H and O–H groups in total. The highest BCUT2D eigenvalue weighted by molar-refractivity contribution is 7.90. The van der Waals surface area contributed by atoms with Crippen LogP contribution in [0.25, 0.3) is 11.1 Å². The summed E-state index contributed by atoms with van der Waals surface area (Å²) in [6, 6.07) is 9.82. The van der Waals surface area contributed by atoms with Gasteiger partial charge >= 0.3 is 12.7 Å². The van der Waals surface area contributed by atoms with Crippen molar-refractivity contribution in [3.63, 3.8) is 0 Å². The number of ether oxygens (including phenoxy) is 1. The van der Waals surface area contributed by atoms with Crippen molar-refractivity contribution in [2.24, 2.45) is 0 Å². The zero-order valence-electron chi connectivity index (χ0n) is 16.4. The van der Waals surface area contributed by atoms with Crippen molar-refractivity contribution >= 4 is 21.6 Å². The number of alkyl halides is 2. The fourth-order valence-corrected chi connectivity index (χ4v) is 4.47. The highest BCUT2D eigenvalue weighted by atomic mass is 32.2. The van der Waals surface area contributed by atoms with E-state index in [4.69, 9.17) is 0 Å². The first-order valence-electron chi connectivity index (χ1n) is 9.58. The van der Waals surface area contributed by atoms with Crippen LogP contribution in [0.4, 0.5) is 19.3 Å². The van der Waals surface area contributed by atoms with E-state index >= 15 is 0 Å². The van der Waals surface area contributed by atoms with Gasteiger partial charge in [0.1, 0.15) is 5.75 Å². The molecule has 0 radical (unpaired) electrons. The summed E-state index contributed by atoms with van der Waals surface area (Å²) >= 11 is 0. The van der Waals surface area contributed by atoms with Crippen LogP contribution in [0.2, 0.25) is 0 Å². The predicted molar refractivity (Wildman–Crippen MR) is 109 cm³/mol. The molecule has 1 amide bonds. The van der Waals surface area contributed by atoms with E-state index in [1.54, 1.807) is 6.07 Å². The van der Waals surface area contributed by atoms with Gasteiger partial charge in [-0.05, 0) is 48.7 Å². The summed E-state index contributed by atoms with van der Waals surface area (Å²) in [6.45, 7) is -3.08. The topological polar surface area (TPSA) is 83.9 Å². The Morgan fingerprint density at radius 2 is 1.83 bits per heavy atom. The minimum Gasteiger partial charge on any atom is -0.465 e. The number of carboxylic acid groups (broad SMARTS) is 1. The van der Waals surface area contributed by atoms with Gasteiger partial charge in [0, 0.05) is 23.5 Å². The normalized spacial score (nSPS) is 15.2. The predicted octanol–water partition coefficient (Wildman–Crippen LogP) is 5.18. The number of halogens is 2. The number of hydrogen-bond acceptors (Lipinski definition) is 4. The lowest BCUT2D eigenvalue weighted by Crippen LogP contribution is -2.40. The first kappa shape index (κ1) is 22.0. The first-order valence-corrected chi connectivity index (χ1v) is 11.5. The second-order valence-electron chi connectivity index (χ2n) is 7.30. The van der Waals surface area contributed by atoms with Crippen LogP contribution in [0.15, 0.2) is 47.4 Å². The maximum atomic E-state index is 12.9. The van der Waals surface area contributed by atoms with Crippen LogP contribution >= 0.6 is 0 Å². The van der Waals surface area contributed by atoms with E-state index in [1.165, 1.54) is 41.3 Å². The van der Waals surface area contributed by atoms with Gasteiger partial charge in [0.25, 0.3) is 0 Å². The van der Waals surface area contributed by atoms with Gasteiger partial charge in [-0.15, -0.1) is 0 Å². The maximum absolute atomic E-state index is 12.9. The smallest absolute Gasteiger partial charge is 0.412 e. The molecule has 2 aromatic carbocycles. The molecule has 2 aromatic rings. The number of benzene rings is 2. The van der Waals surface area contributed by atoms with Gasteiger partial charge < -0.3 is 9.84 Å². The number of anilines is 1. The average molecular weight is 439 g/mol. The molecular weight excluding hydrogens is 416 g/mol. The summed E-state index contributed by atoms with van der Waals surface area (Å²) in [4.78, 5) is 13.3. The first-order chi connectivity index (χ1) is 14.2. The lowest BCUT2D eigenvalue weighted by molar-refractivity contribution is -0.0494. The van der Waals surface area contributed by atoms with Crippen LogP contribution < -0.4 is 9.64 Å². The van der Waals surface area contributed by atoms with Crippen LogP contribution in [0, 0.1) is 0 Å². The molecule has 3 rings (SSSR count). The Labute approximate surface area is 174 Å². The van der Waals surface area contributed by atoms with E-state index in [-0.39, 0.29) is 22.3 Å². The summed E-state index contributed by atoms with van der Waals surface area (Å²) in [5.74, 6) is -0.159. The SMILES string of the molecule is CS(=O)(=O)c1cccc(-c2cc(N(C(=O)O)C3CCCCC3)ccc2OC(F)F)c1. The van der Waals surface area contributed by atoms with Crippen LogP contribution in [0.5, 0.6) is 5.75 Å². The van der Waals surface area contributed by atoms with Crippen molar-refractivity contribution in [2.75, 3.05) is 11.2 Å². The molecule has 0 heterocycles. The second-order valence-corrected chi connectivity index (χ2v) is 9.32. The van der Waals surface area contributed by atoms with Gasteiger partial charge in [0.2, 0.25) is 0 Å². The molecule has 1 aliphatic carbocycles. The minimum atomic E-state index is -3.52. The van der Waals surface area contributed by atoms with Crippen molar-refractivity contribution in [3.8, 4) is 16.9 Å². The Morgan fingerprint density at radius 3 is 2.43 bits per heavy atom. The molecule has 0 aromatic heterocycles. The van der Waals surface area contributed by atoms with Gasteiger partial charge in [-0.25, -0.2) is 13.2 Å². The molecule has 9 heteroatoms. The molecule has 1 fully saturated rings. The Kier molecular flexibility index (Phi) is 6.60. The van der Waals surface area contributed by atoms with E-state index in [0.717, 1.165) is 38.4 Å². The number of sulfone groups is 1. The molecule has 162 valence electrons. The monoisotopic (exact) mass is 439 g/mol. The summed E-state index contributed by atoms with van der Waals surface area (Å²) in [7, 11) is -3.52. The summed E-state index contributed by atoms with van der Waals surface area (Å²) in [5.41, 5.74) is 0.862. The van der Waals surface area contributed by atoms with Gasteiger partial charge in [0.05, 0.1) is 4.90 Å². The third-order valence-electron chi connectivity index (χ3n) is 5.18. The van der Waals surface area contributed by atoms with Crippen molar-refractivity contribution in [1.29, 1.82) is 0 Å². The van der Waals surface area contributed by atoms with Crippen LogP contribution in [0.3, 0.4) is 0 Å². The van der Waals surface area contributed by atoms with Crippen molar-refractivity contribution in [1.82, 2.24) is 0 Å². The highest BCUT2D eigenvalue weighted by Crippen LogP contribution is 2.37. The zero-order chi connectivity index (χ0) is 21.9. The number of carbonyl (C=O) groups is 1. The van der Waals surface area contributed by atoms with Crippen molar-refractivity contribution in [2.45, 2.75) is 49.7 Å². The molecule has 1 saturated carbocycles. The highest BCUT2D eigenvalue weighted by Gasteiger charge is 2.27. The molecule has 0 saturated heterocycles. The Morgan fingerprint density at radius 1 is 1.13 bits per heavy atom. The van der Waals surface area contributed by atoms with Gasteiger partial charge in [-0.1, -0.05) is 31.4 Å². The summed E-state index contributed by atoms with van der Waals surface area (Å²) in [5, 5.41) is 9.80. The molecular formula is C21H23F2NO5S. The molecule has 0 aliphatic heterocycles. The fourth-order valence-electron chi connectivity index (χ4n) is 3.80. The Hall–Kier alpha value is -2.68. The second kappa shape index (κ2) is 8.99. The van der Waals surface area contributed by atoms with E-state index in [1.807, 2.05) is 0 Å². The van der Waals surface area contributed by atoms with Crippen molar-refractivity contribution < 1.29 is 31.8 Å². The largest absolute Gasteiger partial charge is 0.465 e. The quantitative estimate of drug-likeness (QED) is 0.671. The maximum Gasteiger partial charge on any atom is 0.412 e. The number of hydrogen-bond donors (Lipinski definition) is 1. The van der Waals surface area contributed by atoms with Crippen molar-refractivity contribution in [3.05, 3.63) is 42.5 Å². The molecule has 30 heavy (non-hydrogen) atoms. The van der Waals surface area contributed by atoms with E-state index < -0.39 is 22.5 Å². The standard InChI is InChI=1S/C21H23F2NO5S/c1-30(27,28)17-9-5-6-14(12-17)18-13-16(10-11-19(18)29-20(22)23)24(21(25)26)15-7-3-2-4-8-15/h5-6,9-13,15,20H,2-4,7-8H2,1H3,(H,25,26). The van der Waals surface area contributed by atoms with Crippen LogP contribution in [-0.4, -0.2) is 38.5 Å². The molecule has 0 bridgehead atoms. The Balaban J connectivity index is 2.11. The number of amides is 1. The number of rotatable bonds is 6. The molecule has 1 aliphatic rings. The minimum absolute atomic E-state index is 0.0239. The third-order valence-corrected chi connectivity index (χ3v) is 6.29. The van der Waals surface area contributed by atoms with E-state index in [0.29, 0.717) is 11.3 Å². The molecule has 0 spiro atoms. The summed E-state index contributed by atoms with van der Waals surface area (Å²) in [6.07, 6.45) is 4.26. The summed E-state index contributed by atoms with van der Waals surface area (Å²) < 4.78 is 54.3. The number of nitrogens with zero attached hydrogens (tertiary/aromatic N) is 1.